The van der Waals surface area contributed by atoms with Crippen molar-refractivity contribution in [2.45, 2.75) is 12.5 Å². The summed E-state index contributed by atoms with van der Waals surface area (Å²) in [4.78, 5) is 4.55. The van der Waals surface area contributed by atoms with Crippen molar-refractivity contribution >= 4 is 5.69 Å². The molecule has 0 radical (unpaired) electrons. The average molecular weight is 312 g/mol. The highest BCUT2D eigenvalue weighted by Crippen LogP contribution is 2.37. The number of hydrogen-bond acceptors (Lipinski definition) is 4. The molecule has 2 aromatic rings. The maximum Gasteiger partial charge on any atom is 0.231 e. The normalized spacial score (nSPS) is 14.1. The number of rotatable bonds is 6. The third kappa shape index (κ3) is 3.59. The fourth-order valence-electron chi connectivity index (χ4n) is 2.92. The van der Waals surface area contributed by atoms with E-state index in [1.54, 1.807) is 0 Å². The van der Waals surface area contributed by atoms with Gasteiger partial charge in [-0.2, -0.15) is 0 Å². The van der Waals surface area contributed by atoms with Gasteiger partial charge in [0.15, 0.2) is 11.5 Å². The van der Waals surface area contributed by atoms with Gasteiger partial charge in [0, 0.05) is 18.8 Å². The van der Waals surface area contributed by atoms with Crippen LogP contribution in [0.1, 0.15) is 18.0 Å². The molecule has 3 rings (SSSR count). The Kier molecular flexibility index (Phi) is 4.72. The van der Waals surface area contributed by atoms with Crippen LogP contribution in [0.5, 0.6) is 11.5 Å². The molecule has 0 saturated heterocycles. The van der Waals surface area contributed by atoms with E-state index in [0.29, 0.717) is 12.8 Å². The quantitative estimate of drug-likeness (QED) is 0.814. The standard InChI is InChI=1S/C19H24N2O2/c1-20(2)12-11-17(15-7-5-4-6-8-15)21(3)16-9-10-18-19(13-16)23-14-22-18/h4-10,13,17H,11-12,14H2,1-3H3. The second-order valence-electron chi connectivity index (χ2n) is 6.17. The van der Waals surface area contributed by atoms with Crippen molar-refractivity contribution in [3.05, 3.63) is 54.1 Å². The lowest BCUT2D eigenvalue weighted by Crippen LogP contribution is -2.27. The van der Waals surface area contributed by atoms with Gasteiger partial charge < -0.3 is 19.3 Å². The molecule has 0 bridgehead atoms. The summed E-state index contributed by atoms with van der Waals surface area (Å²) in [6, 6.07) is 17.1. The molecule has 2 aromatic carbocycles. The zero-order valence-electron chi connectivity index (χ0n) is 14.0. The highest BCUT2D eigenvalue weighted by Gasteiger charge is 2.20. The summed E-state index contributed by atoms with van der Waals surface area (Å²) < 4.78 is 10.9. The highest BCUT2D eigenvalue weighted by atomic mass is 16.7. The summed E-state index contributed by atoms with van der Waals surface area (Å²) in [6.45, 7) is 1.35. The van der Waals surface area contributed by atoms with Gasteiger partial charge in [-0.25, -0.2) is 0 Å². The Morgan fingerprint density at radius 1 is 0.957 bits per heavy atom. The van der Waals surface area contributed by atoms with Crippen molar-refractivity contribution < 1.29 is 9.47 Å². The Balaban J connectivity index is 1.86. The van der Waals surface area contributed by atoms with Crippen molar-refractivity contribution in [3.8, 4) is 11.5 Å². The Labute approximate surface area is 138 Å². The first-order chi connectivity index (χ1) is 11.1. The molecule has 0 aromatic heterocycles. The van der Waals surface area contributed by atoms with E-state index in [2.05, 4.69) is 73.4 Å². The number of hydrogen-bond donors (Lipinski definition) is 0. The molecule has 1 aliphatic heterocycles. The molecule has 4 heteroatoms. The number of benzene rings is 2. The first kappa shape index (κ1) is 15.7. The van der Waals surface area contributed by atoms with Crippen LogP contribution in [0.15, 0.2) is 48.5 Å². The van der Waals surface area contributed by atoms with Crippen molar-refractivity contribution in [2.75, 3.05) is 39.4 Å². The molecule has 0 spiro atoms. The SMILES string of the molecule is CN(C)CCC(c1ccccc1)N(C)c1ccc2c(c1)OCO2. The molecule has 1 aliphatic rings. The lowest BCUT2D eigenvalue weighted by molar-refractivity contribution is 0.174. The molecule has 23 heavy (non-hydrogen) atoms. The fraction of sp³-hybridized carbons (Fsp3) is 0.368. The minimum atomic E-state index is 0.311. The van der Waals surface area contributed by atoms with Crippen LogP contribution in [0.4, 0.5) is 5.69 Å². The topological polar surface area (TPSA) is 24.9 Å². The monoisotopic (exact) mass is 312 g/mol. The van der Waals surface area contributed by atoms with Gasteiger partial charge in [-0.05, 0) is 44.8 Å². The van der Waals surface area contributed by atoms with Crippen LogP contribution in [-0.4, -0.2) is 39.4 Å². The van der Waals surface area contributed by atoms with E-state index >= 15 is 0 Å². The second kappa shape index (κ2) is 6.92. The Morgan fingerprint density at radius 2 is 1.70 bits per heavy atom. The number of fused-ring (bicyclic) bond motifs is 1. The van der Waals surface area contributed by atoms with Crippen LogP contribution in [-0.2, 0) is 0 Å². The molecule has 1 heterocycles. The first-order valence-corrected chi connectivity index (χ1v) is 7.97. The Morgan fingerprint density at radius 3 is 2.43 bits per heavy atom. The van der Waals surface area contributed by atoms with Crippen molar-refractivity contribution in [1.29, 1.82) is 0 Å². The van der Waals surface area contributed by atoms with Gasteiger partial charge in [0.2, 0.25) is 6.79 Å². The second-order valence-corrected chi connectivity index (χ2v) is 6.17. The predicted molar refractivity (Wildman–Crippen MR) is 93.3 cm³/mol. The Hall–Kier alpha value is -2.20. The van der Waals surface area contributed by atoms with Crippen LogP contribution in [0.3, 0.4) is 0 Å². The Bertz CT molecular complexity index is 643. The lowest BCUT2D eigenvalue weighted by Gasteiger charge is -2.31. The molecule has 0 amide bonds. The van der Waals surface area contributed by atoms with Crippen LogP contribution >= 0.6 is 0 Å². The van der Waals surface area contributed by atoms with E-state index in [4.69, 9.17) is 9.47 Å². The molecule has 0 saturated carbocycles. The number of ether oxygens (including phenoxy) is 2. The van der Waals surface area contributed by atoms with E-state index in [1.807, 2.05) is 6.07 Å². The van der Waals surface area contributed by atoms with Gasteiger partial charge in [0.1, 0.15) is 0 Å². The van der Waals surface area contributed by atoms with Gasteiger partial charge >= 0.3 is 0 Å². The average Bonchev–Trinajstić information content (AvgIpc) is 3.03. The zero-order chi connectivity index (χ0) is 16.2. The van der Waals surface area contributed by atoms with E-state index in [9.17, 15) is 0 Å². The number of anilines is 1. The van der Waals surface area contributed by atoms with Crippen molar-refractivity contribution in [2.24, 2.45) is 0 Å². The fourth-order valence-corrected chi connectivity index (χ4v) is 2.92. The summed E-state index contributed by atoms with van der Waals surface area (Å²) in [7, 11) is 6.37. The lowest BCUT2D eigenvalue weighted by atomic mass is 10.0. The zero-order valence-corrected chi connectivity index (χ0v) is 14.0. The van der Waals surface area contributed by atoms with Crippen LogP contribution < -0.4 is 14.4 Å². The summed E-state index contributed by atoms with van der Waals surface area (Å²) in [5.74, 6) is 1.65. The summed E-state index contributed by atoms with van der Waals surface area (Å²) >= 11 is 0. The molecule has 122 valence electrons. The van der Waals surface area contributed by atoms with E-state index in [-0.39, 0.29) is 0 Å². The smallest absolute Gasteiger partial charge is 0.231 e. The van der Waals surface area contributed by atoms with Crippen molar-refractivity contribution in [1.82, 2.24) is 4.90 Å². The summed E-state index contributed by atoms with van der Waals surface area (Å²) in [5, 5.41) is 0. The van der Waals surface area contributed by atoms with Crippen molar-refractivity contribution in [3.63, 3.8) is 0 Å². The van der Waals surface area contributed by atoms with Gasteiger partial charge in [-0.3, -0.25) is 0 Å². The minimum Gasteiger partial charge on any atom is -0.454 e. The van der Waals surface area contributed by atoms with Crippen LogP contribution in [0.25, 0.3) is 0 Å². The molecule has 1 unspecified atom stereocenters. The molecular weight excluding hydrogens is 288 g/mol. The largest absolute Gasteiger partial charge is 0.454 e. The highest BCUT2D eigenvalue weighted by molar-refractivity contribution is 5.57. The first-order valence-electron chi connectivity index (χ1n) is 7.97. The van der Waals surface area contributed by atoms with Gasteiger partial charge in [0.25, 0.3) is 0 Å². The van der Waals surface area contributed by atoms with E-state index in [0.717, 1.165) is 30.2 Å². The van der Waals surface area contributed by atoms with E-state index < -0.39 is 0 Å². The maximum atomic E-state index is 5.52. The molecular formula is C19H24N2O2. The van der Waals surface area contributed by atoms with E-state index in [1.165, 1.54) is 5.56 Å². The maximum absolute atomic E-state index is 5.52. The summed E-state index contributed by atoms with van der Waals surface area (Å²) in [5.41, 5.74) is 2.47. The third-order valence-electron chi connectivity index (χ3n) is 4.27. The third-order valence-corrected chi connectivity index (χ3v) is 4.27. The molecule has 0 aliphatic carbocycles. The van der Waals surface area contributed by atoms with Gasteiger partial charge in [-0.15, -0.1) is 0 Å². The van der Waals surface area contributed by atoms with Gasteiger partial charge in [0.05, 0.1) is 6.04 Å². The number of nitrogens with zero attached hydrogens (tertiary/aromatic N) is 2. The van der Waals surface area contributed by atoms with Gasteiger partial charge in [-0.1, -0.05) is 30.3 Å². The molecule has 0 fully saturated rings. The molecule has 1 atom stereocenters. The minimum absolute atomic E-state index is 0.311. The predicted octanol–water partition coefficient (Wildman–Crippen LogP) is 3.54. The van der Waals surface area contributed by atoms with Crippen LogP contribution in [0, 0.1) is 0 Å². The van der Waals surface area contributed by atoms with Crippen LogP contribution in [0.2, 0.25) is 0 Å². The summed E-state index contributed by atoms with van der Waals surface area (Å²) in [6.07, 6.45) is 1.06. The molecule has 0 N–H and O–H groups in total. The molecule has 4 nitrogen and oxygen atoms in total.